The summed E-state index contributed by atoms with van der Waals surface area (Å²) in [6, 6.07) is 22.4. The number of amides is 1. The van der Waals surface area contributed by atoms with Crippen LogP contribution in [0.25, 0.3) is 11.1 Å². The van der Waals surface area contributed by atoms with Crippen molar-refractivity contribution in [2.75, 3.05) is 68.6 Å². The molecule has 7 heteroatoms. The van der Waals surface area contributed by atoms with Crippen molar-refractivity contribution in [1.29, 1.82) is 0 Å². The summed E-state index contributed by atoms with van der Waals surface area (Å²) in [5.74, 6) is 0.712. The van der Waals surface area contributed by atoms with Gasteiger partial charge >= 0.3 is 0 Å². The standard InChI is InChI=1S/C30H36N4O3/c1-22-13-14-34(28-6-4-3-5-27(28)32-22)30(35)24-9-12-26(23-7-10-25(31-2)11-8-23)29(21-24)37-20-17-33-15-18-36-19-16-33/h3-12,21-22,31-32H,13-20H2,1-2H3/t22-/m0/s1. The Kier molecular flexibility index (Phi) is 7.92. The highest BCUT2D eigenvalue weighted by Crippen LogP contribution is 2.35. The molecule has 2 aliphatic rings. The van der Waals surface area contributed by atoms with Crippen LogP contribution in [0.2, 0.25) is 0 Å². The van der Waals surface area contributed by atoms with Crippen LogP contribution in [0.4, 0.5) is 17.1 Å². The van der Waals surface area contributed by atoms with Crippen LogP contribution in [0.15, 0.2) is 66.7 Å². The molecule has 0 bridgehead atoms. The SMILES string of the molecule is CNc1ccc(-c2ccc(C(=O)N3CC[C@H](C)Nc4ccccc43)cc2OCCN2CCOCC2)cc1. The highest BCUT2D eigenvalue weighted by molar-refractivity contribution is 6.08. The minimum atomic E-state index is -0.0153. The van der Waals surface area contributed by atoms with Gasteiger partial charge in [0.05, 0.1) is 24.6 Å². The summed E-state index contributed by atoms with van der Waals surface area (Å²) >= 11 is 0. The highest BCUT2D eigenvalue weighted by atomic mass is 16.5. The van der Waals surface area contributed by atoms with Crippen LogP contribution < -0.4 is 20.3 Å². The molecule has 0 unspecified atom stereocenters. The molecule has 0 radical (unpaired) electrons. The molecular formula is C30H36N4O3. The van der Waals surface area contributed by atoms with E-state index in [0.717, 1.165) is 73.2 Å². The number of ether oxygens (including phenoxy) is 2. The lowest BCUT2D eigenvalue weighted by Gasteiger charge is -2.26. The number of benzene rings is 3. The fourth-order valence-electron chi connectivity index (χ4n) is 4.92. The zero-order chi connectivity index (χ0) is 25.6. The first kappa shape index (κ1) is 25.1. The Morgan fingerprint density at radius 1 is 1.05 bits per heavy atom. The van der Waals surface area contributed by atoms with E-state index < -0.39 is 0 Å². The molecule has 1 saturated heterocycles. The van der Waals surface area contributed by atoms with Crippen LogP contribution in [0.1, 0.15) is 23.7 Å². The Morgan fingerprint density at radius 3 is 2.62 bits per heavy atom. The molecule has 1 fully saturated rings. The molecule has 3 aromatic carbocycles. The third kappa shape index (κ3) is 5.89. The average molecular weight is 501 g/mol. The lowest BCUT2D eigenvalue weighted by atomic mass is 10.0. The van der Waals surface area contributed by atoms with E-state index in [9.17, 15) is 4.79 Å². The molecule has 0 aliphatic carbocycles. The van der Waals surface area contributed by atoms with E-state index >= 15 is 0 Å². The lowest BCUT2D eigenvalue weighted by Crippen LogP contribution is -2.38. The van der Waals surface area contributed by atoms with E-state index in [-0.39, 0.29) is 5.91 Å². The Labute approximate surface area is 219 Å². The number of nitrogens with zero attached hydrogens (tertiary/aromatic N) is 2. The van der Waals surface area contributed by atoms with E-state index in [1.165, 1.54) is 0 Å². The third-order valence-electron chi connectivity index (χ3n) is 7.11. The summed E-state index contributed by atoms with van der Waals surface area (Å²) in [6.07, 6.45) is 0.874. The van der Waals surface area contributed by atoms with Gasteiger partial charge in [0.2, 0.25) is 0 Å². The maximum atomic E-state index is 13.8. The van der Waals surface area contributed by atoms with Crippen LogP contribution in [0.5, 0.6) is 5.75 Å². The van der Waals surface area contributed by atoms with Crippen molar-refractivity contribution in [1.82, 2.24) is 4.90 Å². The number of rotatable bonds is 7. The predicted molar refractivity (Wildman–Crippen MR) is 150 cm³/mol. The second-order valence-corrected chi connectivity index (χ2v) is 9.65. The summed E-state index contributed by atoms with van der Waals surface area (Å²) in [4.78, 5) is 18.1. The van der Waals surface area contributed by atoms with Gasteiger partial charge in [-0.15, -0.1) is 0 Å². The second-order valence-electron chi connectivity index (χ2n) is 9.65. The number of carbonyl (C=O) groups is 1. The number of anilines is 3. The number of nitrogens with one attached hydrogen (secondary N) is 2. The van der Waals surface area contributed by atoms with Crippen molar-refractivity contribution in [3.63, 3.8) is 0 Å². The predicted octanol–water partition coefficient (Wildman–Crippen LogP) is 4.96. The first-order valence-electron chi connectivity index (χ1n) is 13.1. The van der Waals surface area contributed by atoms with E-state index in [0.29, 0.717) is 24.8 Å². The number of morpholine rings is 1. The molecule has 2 heterocycles. The first-order chi connectivity index (χ1) is 18.1. The summed E-state index contributed by atoms with van der Waals surface area (Å²) in [5.41, 5.74) is 5.61. The normalized spacial score (nSPS) is 17.9. The quantitative estimate of drug-likeness (QED) is 0.478. The van der Waals surface area contributed by atoms with E-state index in [2.05, 4.69) is 34.6 Å². The van der Waals surface area contributed by atoms with Gasteiger partial charge in [-0.1, -0.05) is 24.3 Å². The van der Waals surface area contributed by atoms with Gasteiger partial charge in [0.1, 0.15) is 12.4 Å². The molecule has 37 heavy (non-hydrogen) atoms. The molecule has 1 amide bonds. The fourth-order valence-corrected chi connectivity index (χ4v) is 4.92. The summed E-state index contributed by atoms with van der Waals surface area (Å²) < 4.78 is 11.8. The third-order valence-corrected chi connectivity index (χ3v) is 7.11. The molecule has 0 spiro atoms. The number of para-hydroxylation sites is 2. The van der Waals surface area contributed by atoms with E-state index in [4.69, 9.17) is 9.47 Å². The van der Waals surface area contributed by atoms with Gasteiger partial charge in [0.25, 0.3) is 5.91 Å². The summed E-state index contributed by atoms with van der Waals surface area (Å²) in [6.45, 7) is 7.54. The number of hydrogen-bond donors (Lipinski definition) is 2. The minimum absolute atomic E-state index is 0.0153. The van der Waals surface area contributed by atoms with Crippen molar-refractivity contribution >= 4 is 23.0 Å². The lowest BCUT2D eigenvalue weighted by molar-refractivity contribution is 0.0323. The Hall–Kier alpha value is -3.55. The van der Waals surface area contributed by atoms with Crippen LogP contribution in [-0.2, 0) is 4.74 Å². The Bertz CT molecular complexity index is 1210. The van der Waals surface area contributed by atoms with Crippen LogP contribution >= 0.6 is 0 Å². The van der Waals surface area contributed by atoms with Crippen molar-refractivity contribution in [3.8, 4) is 16.9 Å². The van der Waals surface area contributed by atoms with Crippen molar-refractivity contribution in [2.24, 2.45) is 0 Å². The monoisotopic (exact) mass is 500 g/mol. The zero-order valence-corrected chi connectivity index (χ0v) is 21.7. The van der Waals surface area contributed by atoms with Gasteiger partial charge in [-0.05, 0) is 61.4 Å². The average Bonchev–Trinajstić information content (AvgIpc) is 3.11. The first-order valence-corrected chi connectivity index (χ1v) is 13.1. The summed E-state index contributed by atoms with van der Waals surface area (Å²) in [7, 11) is 1.91. The van der Waals surface area contributed by atoms with Crippen molar-refractivity contribution < 1.29 is 14.3 Å². The van der Waals surface area contributed by atoms with Crippen LogP contribution in [0, 0.1) is 0 Å². The van der Waals surface area contributed by atoms with Crippen LogP contribution in [0.3, 0.4) is 0 Å². The second kappa shape index (κ2) is 11.7. The molecule has 5 rings (SSSR count). The molecule has 3 aromatic rings. The van der Waals surface area contributed by atoms with Gasteiger partial charge in [-0.2, -0.15) is 0 Å². The zero-order valence-electron chi connectivity index (χ0n) is 21.7. The van der Waals surface area contributed by atoms with Gasteiger partial charge in [-0.25, -0.2) is 0 Å². The van der Waals surface area contributed by atoms with Gasteiger partial charge < -0.3 is 25.0 Å². The maximum Gasteiger partial charge on any atom is 0.258 e. The molecular weight excluding hydrogens is 464 g/mol. The number of hydrogen-bond acceptors (Lipinski definition) is 6. The molecule has 0 saturated carbocycles. The molecule has 2 N–H and O–H groups in total. The molecule has 1 atom stereocenters. The largest absolute Gasteiger partial charge is 0.492 e. The maximum absolute atomic E-state index is 13.8. The van der Waals surface area contributed by atoms with Gasteiger partial charge in [0.15, 0.2) is 0 Å². The molecule has 0 aromatic heterocycles. The van der Waals surface area contributed by atoms with Crippen molar-refractivity contribution in [3.05, 3.63) is 72.3 Å². The molecule has 7 nitrogen and oxygen atoms in total. The smallest absolute Gasteiger partial charge is 0.258 e. The van der Waals surface area contributed by atoms with E-state index in [1.807, 2.05) is 66.5 Å². The molecule has 2 aliphatic heterocycles. The van der Waals surface area contributed by atoms with Gasteiger partial charge in [0, 0.05) is 56.1 Å². The highest BCUT2D eigenvalue weighted by Gasteiger charge is 2.25. The van der Waals surface area contributed by atoms with Crippen molar-refractivity contribution in [2.45, 2.75) is 19.4 Å². The minimum Gasteiger partial charge on any atom is -0.492 e. The Balaban J connectivity index is 1.43. The fraction of sp³-hybridized carbons (Fsp3) is 0.367. The number of fused-ring (bicyclic) bond motifs is 1. The Morgan fingerprint density at radius 2 is 1.84 bits per heavy atom. The number of carbonyl (C=O) groups excluding carboxylic acids is 1. The topological polar surface area (TPSA) is 66.1 Å². The molecule has 194 valence electrons. The summed E-state index contributed by atoms with van der Waals surface area (Å²) in [5, 5.41) is 6.70. The van der Waals surface area contributed by atoms with E-state index in [1.54, 1.807) is 0 Å². The van der Waals surface area contributed by atoms with Gasteiger partial charge in [-0.3, -0.25) is 9.69 Å². The van der Waals surface area contributed by atoms with Crippen LogP contribution in [-0.4, -0.2) is 69.9 Å².